The highest BCUT2D eigenvalue weighted by Crippen LogP contribution is 2.38. The number of hydrogen-bond donors (Lipinski definition) is 1. The Bertz CT molecular complexity index is 333. The zero-order chi connectivity index (χ0) is 9.42. The summed E-state index contributed by atoms with van der Waals surface area (Å²) >= 11 is 3.30. The fourth-order valence-corrected chi connectivity index (χ4v) is 1.47. The molecule has 1 aromatic rings. The molecule has 0 bridgehead atoms. The lowest BCUT2D eigenvalue weighted by molar-refractivity contribution is -0.138. The van der Waals surface area contributed by atoms with Crippen LogP contribution < -0.4 is 0 Å². The van der Waals surface area contributed by atoms with Crippen molar-refractivity contribution in [3.63, 3.8) is 0 Å². The highest BCUT2D eigenvalue weighted by molar-refractivity contribution is 9.10. The van der Waals surface area contributed by atoms with Gasteiger partial charge in [-0.25, -0.2) is 4.79 Å². The van der Waals surface area contributed by atoms with Crippen LogP contribution in [0.5, 0.6) is 0 Å². The van der Waals surface area contributed by atoms with Crippen molar-refractivity contribution < 1.29 is 14.6 Å². The smallest absolute Gasteiger partial charge is 0.335 e. The van der Waals surface area contributed by atoms with Gasteiger partial charge < -0.3 is 9.84 Å². The molecule has 0 spiro atoms. The van der Waals surface area contributed by atoms with Crippen LogP contribution in [0.25, 0.3) is 0 Å². The third kappa shape index (κ3) is 1.73. The standard InChI is InChI=1S/C9H7BrO3/c10-6-3-1-5(2-4-6)7-8(13-7)9(11)12/h1-4,7-8H,(H,11,12)/t7-,8-/m1/s1. The Balaban J connectivity index is 2.12. The average molecular weight is 243 g/mol. The molecule has 1 aliphatic rings. The fourth-order valence-electron chi connectivity index (χ4n) is 1.21. The number of carboxylic acid groups (broad SMARTS) is 1. The lowest BCUT2D eigenvalue weighted by Gasteiger charge is -1.94. The van der Waals surface area contributed by atoms with E-state index in [1.54, 1.807) is 0 Å². The van der Waals surface area contributed by atoms with Crippen LogP contribution in [0.15, 0.2) is 28.7 Å². The van der Waals surface area contributed by atoms with Crippen molar-refractivity contribution in [1.82, 2.24) is 0 Å². The fraction of sp³-hybridized carbons (Fsp3) is 0.222. The monoisotopic (exact) mass is 242 g/mol. The van der Waals surface area contributed by atoms with Gasteiger partial charge >= 0.3 is 5.97 Å². The van der Waals surface area contributed by atoms with E-state index < -0.39 is 12.1 Å². The van der Waals surface area contributed by atoms with Gasteiger partial charge in [0.25, 0.3) is 0 Å². The molecule has 0 aromatic heterocycles. The normalized spacial score (nSPS) is 25.6. The number of benzene rings is 1. The number of aliphatic carboxylic acids is 1. The summed E-state index contributed by atoms with van der Waals surface area (Å²) in [5.74, 6) is -0.895. The number of ether oxygens (including phenoxy) is 1. The maximum atomic E-state index is 10.5. The van der Waals surface area contributed by atoms with Crippen LogP contribution in [0.3, 0.4) is 0 Å². The first-order valence-electron chi connectivity index (χ1n) is 3.82. The molecule has 4 heteroatoms. The molecule has 1 aromatic carbocycles. The predicted molar refractivity (Wildman–Crippen MR) is 49.4 cm³/mol. The molecule has 68 valence electrons. The van der Waals surface area contributed by atoms with Crippen LogP contribution in [-0.2, 0) is 9.53 Å². The molecular formula is C9H7BrO3. The lowest BCUT2D eigenvalue weighted by atomic mass is 10.1. The Morgan fingerprint density at radius 2 is 2.00 bits per heavy atom. The van der Waals surface area contributed by atoms with E-state index in [0.717, 1.165) is 10.0 Å². The summed E-state index contributed by atoms with van der Waals surface area (Å²) in [6, 6.07) is 7.46. The minimum Gasteiger partial charge on any atom is -0.479 e. The molecule has 0 aliphatic carbocycles. The first-order valence-corrected chi connectivity index (χ1v) is 4.61. The van der Waals surface area contributed by atoms with Gasteiger partial charge in [-0.3, -0.25) is 0 Å². The molecule has 0 radical (unpaired) electrons. The second-order valence-corrected chi connectivity index (χ2v) is 3.78. The largest absolute Gasteiger partial charge is 0.479 e. The van der Waals surface area contributed by atoms with E-state index in [-0.39, 0.29) is 6.10 Å². The van der Waals surface area contributed by atoms with Gasteiger partial charge in [-0.2, -0.15) is 0 Å². The molecule has 2 atom stereocenters. The number of rotatable bonds is 2. The zero-order valence-electron chi connectivity index (χ0n) is 6.61. The van der Waals surface area contributed by atoms with Gasteiger partial charge in [-0.1, -0.05) is 28.1 Å². The second-order valence-electron chi connectivity index (χ2n) is 2.87. The van der Waals surface area contributed by atoms with Gasteiger partial charge in [0.05, 0.1) is 0 Å². The summed E-state index contributed by atoms with van der Waals surface area (Å²) in [7, 11) is 0. The summed E-state index contributed by atoms with van der Waals surface area (Å²) in [6.07, 6.45) is -0.910. The molecular weight excluding hydrogens is 236 g/mol. The average Bonchev–Trinajstić information content (AvgIpc) is 2.85. The van der Waals surface area contributed by atoms with Crippen LogP contribution in [0.4, 0.5) is 0 Å². The van der Waals surface area contributed by atoms with Crippen molar-refractivity contribution in [2.24, 2.45) is 0 Å². The van der Waals surface area contributed by atoms with Crippen molar-refractivity contribution in [2.75, 3.05) is 0 Å². The van der Waals surface area contributed by atoms with E-state index >= 15 is 0 Å². The predicted octanol–water partition coefficient (Wildman–Crippen LogP) is 1.97. The van der Waals surface area contributed by atoms with Crippen LogP contribution in [0.1, 0.15) is 11.7 Å². The Labute approximate surface area is 83.5 Å². The van der Waals surface area contributed by atoms with Crippen molar-refractivity contribution in [3.05, 3.63) is 34.3 Å². The highest BCUT2D eigenvalue weighted by Gasteiger charge is 2.46. The van der Waals surface area contributed by atoms with E-state index in [1.807, 2.05) is 24.3 Å². The van der Waals surface area contributed by atoms with E-state index in [1.165, 1.54) is 0 Å². The number of halogens is 1. The first kappa shape index (κ1) is 8.72. The lowest BCUT2D eigenvalue weighted by Crippen LogP contribution is -2.04. The first-order chi connectivity index (χ1) is 6.18. The number of carboxylic acids is 1. The summed E-state index contributed by atoms with van der Waals surface area (Å²) in [6.45, 7) is 0. The van der Waals surface area contributed by atoms with Crippen molar-refractivity contribution >= 4 is 21.9 Å². The van der Waals surface area contributed by atoms with Crippen LogP contribution in [0.2, 0.25) is 0 Å². The maximum absolute atomic E-state index is 10.5. The molecule has 1 heterocycles. The van der Waals surface area contributed by atoms with E-state index in [0.29, 0.717) is 0 Å². The van der Waals surface area contributed by atoms with E-state index in [4.69, 9.17) is 9.84 Å². The van der Waals surface area contributed by atoms with Crippen LogP contribution >= 0.6 is 15.9 Å². The molecule has 0 amide bonds. The van der Waals surface area contributed by atoms with Crippen molar-refractivity contribution in [2.45, 2.75) is 12.2 Å². The van der Waals surface area contributed by atoms with Crippen molar-refractivity contribution in [3.8, 4) is 0 Å². The summed E-state index contributed by atoms with van der Waals surface area (Å²) in [5.41, 5.74) is 0.913. The molecule has 2 rings (SSSR count). The minimum absolute atomic E-state index is 0.259. The maximum Gasteiger partial charge on any atom is 0.335 e. The van der Waals surface area contributed by atoms with Gasteiger partial charge in [0.15, 0.2) is 6.10 Å². The SMILES string of the molecule is O=C(O)[C@@H]1O[C@@H]1c1ccc(Br)cc1. The third-order valence-electron chi connectivity index (χ3n) is 1.93. The Morgan fingerprint density at radius 1 is 1.38 bits per heavy atom. The molecule has 1 saturated heterocycles. The molecule has 0 unspecified atom stereocenters. The summed E-state index contributed by atoms with van der Waals surface area (Å²) in [5, 5.41) is 8.61. The van der Waals surface area contributed by atoms with Gasteiger partial charge in [-0.05, 0) is 17.7 Å². The van der Waals surface area contributed by atoms with Crippen molar-refractivity contribution in [1.29, 1.82) is 0 Å². The quantitative estimate of drug-likeness (QED) is 0.808. The molecule has 1 aliphatic heterocycles. The van der Waals surface area contributed by atoms with Gasteiger partial charge in [-0.15, -0.1) is 0 Å². The molecule has 13 heavy (non-hydrogen) atoms. The highest BCUT2D eigenvalue weighted by atomic mass is 79.9. The number of hydrogen-bond acceptors (Lipinski definition) is 2. The van der Waals surface area contributed by atoms with Gasteiger partial charge in [0, 0.05) is 4.47 Å². The van der Waals surface area contributed by atoms with E-state index in [2.05, 4.69) is 15.9 Å². The number of epoxide rings is 1. The number of carbonyl (C=O) groups is 1. The molecule has 0 saturated carbocycles. The van der Waals surface area contributed by atoms with Gasteiger partial charge in [0.1, 0.15) is 6.10 Å². The summed E-state index contributed by atoms with van der Waals surface area (Å²) in [4.78, 5) is 10.5. The summed E-state index contributed by atoms with van der Waals surface area (Å²) < 4.78 is 5.97. The minimum atomic E-state index is -0.895. The van der Waals surface area contributed by atoms with E-state index in [9.17, 15) is 4.79 Å². The van der Waals surface area contributed by atoms with Crippen LogP contribution in [-0.4, -0.2) is 17.2 Å². The second kappa shape index (κ2) is 3.12. The third-order valence-corrected chi connectivity index (χ3v) is 2.46. The topological polar surface area (TPSA) is 49.8 Å². The molecule has 1 N–H and O–H groups in total. The Hall–Kier alpha value is -0.870. The van der Waals surface area contributed by atoms with Gasteiger partial charge in [0.2, 0.25) is 0 Å². The molecule has 1 fully saturated rings. The Kier molecular flexibility index (Phi) is 2.09. The zero-order valence-corrected chi connectivity index (χ0v) is 8.19. The van der Waals surface area contributed by atoms with Crippen LogP contribution in [0, 0.1) is 0 Å². The Morgan fingerprint density at radius 3 is 2.46 bits per heavy atom. The molecule has 3 nitrogen and oxygen atoms in total.